The minimum Gasteiger partial charge on any atom is -0.444 e. The van der Waals surface area contributed by atoms with Gasteiger partial charge in [0.25, 0.3) is 0 Å². The number of imidazole rings is 1. The Bertz CT molecular complexity index is 1350. The van der Waals surface area contributed by atoms with Crippen molar-refractivity contribution in [1.82, 2.24) is 20.0 Å². The molecule has 3 aromatic rings. The number of ether oxygens (including phenoxy) is 2. The Hall–Kier alpha value is -4.28. The van der Waals surface area contributed by atoms with E-state index in [2.05, 4.69) is 15.5 Å². The fourth-order valence-electron chi connectivity index (χ4n) is 3.62. The number of hydrogen-bond donors (Lipinski definition) is 1. The quantitative estimate of drug-likeness (QED) is 0.231. The van der Waals surface area contributed by atoms with E-state index in [0.29, 0.717) is 6.42 Å². The topological polar surface area (TPSA) is 126 Å². The molecule has 0 saturated carbocycles. The number of rotatable bonds is 9. The maximum absolute atomic E-state index is 14.6. The molecule has 0 aliphatic rings. The van der Waals surface area contributed by atoms with Gasteiger partial charge in [0.2, 0.25) is 0 Å². The van der Waals surface area contributed by atoms with Crippen molar-refractivity contribution in [2.45, 2.75) is 78.0 Å². The number of alkyl carbamates (subject to hydrolysis) is 1. The number of benzene rings is 1. The number of ketones is 1. The number of carbonyl (C=O) groups excluding carboxylic acids is 3. The second-order valence-electron chi connectivity index (χ2n) is 11.1. The summed E-state index contributed by atoms with van der Waals surface area (Å²) >= 11 is 0. The predicted octanol–water partition coefficient (Wildman–Crippen LogP) is 6.64. The SMILES string of the molecule is CC(C)(C)OC(=O)NC(C/C=C/CCC(=O)c1ccon1)c1nc(-c2ccccc2F)cn1C(=O)OC(C)(C)C. The zero-order valence-electron chi connectivity index (χ0n) is 23.6. The molecule has 0 bridgehead atoms. The average molecular weight is 555 g/mol. The Labute approximate surface area is 232 Å². The summed E-state index contributed by atoms with van der Waals surface area (Å²) in [7, 11) is 0. The van der Waals surface area contributed by atoms with E-state index in [-0.39, 0.29) is 41.4 Å². The molecule has 0 fully saturated rings. The van der Waals surface area contributed by atoms with Crippen molar-refractivity contribution in [3.63, 3.8) is 0 Å². The van der Waals surface area contributed by atoms with Crippen LogP contribution >= 0.6 is 0 Å². The molecule has 40 heavy (non-hydrogen) atoms. The molecule has 2 aromatic heterocycles. The molecule has 3 rings (SSSR count). The number of hydrogen-bond acceptors (Lipinski definition) is 8. The van der Waals surface area contributed by atoms with Crippen molar-refractivity contribution in [1.29, 1.82) is 0 Å². The molecule has 1 amide bonds. The first-order valence-corrected chi connectivity index (χ1v) is 12.9. The average Bonchev–Trinajstić information content (AvgIpc) is 3.52. The molecule has 2 heterocycles. The summed E-state index contributed by atoms with van der Waals surface area (Å²) in [6, 6.07) is 6.69. The summed E-state index contributed by atoms with van der Waals surface area (Å²) in [4.78, 5) is 42.7. The highest BCUT2D eigenvalue weighted by Gasteiger charge is 2.29. The number of aromatic nitrogens is 3. The molecule has 0 radical (unpaired) electrons. The fourth-order valence-corrected chi connectivity index (χ4v) is 3.62. The maximum atomic E-state index is 14.6. The zero-order valence-corrected chi connectivity index (χ0v) is 23.6. The predicted molar refractivity (Wildman–Crippen MR) is 145 cm³/mol. The van der Waals surface area contributed by atoms with E-state index in [1.165, 1.54) is 24.6 Å². The van der Waals surface area contributed by atoms with Crippen LogP contribution in [0.1, 0.15) is 83.2 Å². The molecule has 1 unspecified atom stereocenters. The van der Waals surface area contributed by atoms with Crippen LogP contribution in [0.5, 0.6) is 0 Å². The van der Waals surface area contributed by atoms with Crippen LogP contribution in [0.25, 0.3) is 11.3 Å². The van der Waals surface area contributed by atoms with Crippen LogP contribution < -0.4 is 5.32 Å². The van der Waals surface area contributed by atoms with E-state index >= 15 is 0 Å². The van der Waals surface area contributed by atoms with Gasteiger partial charge >= 0.3 is 12.2 Å². The second kappa shape index (κ2) is 12.7. The summed E-state index contributed by atoms with van der Waals surface area (Å²) in [5.41, 5.74) is -0.967. The van der Waals surface area contributed by atoms with Crippen molar-refractivity contribution in [3.8, 4) is 11.3 Å². The van der Waals surface area contributed by atoms with Gasteiger partial charge in [-0.25, -0.2) is 23.5 Å². The van der Waals surface area contributed by atoms with Crippen molar-refractivity contribution in [2.24, 2.45) is 0 Å². The molecule has 1 N–H and O–H groups in total. The summed E-state index contributed by atoms with van der Waals surface area (Å²) in [5.74, 6) is -0.560. The Kier molecular flexibility index (Phi) is 9.62. The van der Waals surface area contributed by atoms with Crippen LogP contribution in [0.2, 0.25) is 0 Å². The zero-order chi connectivity index (χ0) is 29.5. The third kappa shape index (κ3) is 8.89. The Morgan fingerprint density at radius 3 is 2.38 bits per heavy atom. The summed E-state index contributed by atoms with van der Waals surface area (Å²) in [6.45, 7) is 10.3. The lowest BCUT2D eigenvalue weighted by atomic mass is 10.1. The van der Waals surface area contributed by atoms with Crippen LogP contribution in [0.15, 0.2) is 59.5 Å². The van der Waals surface area contributed by atoms with Gasteiger partial charge in [0.1, 0.15) is 34.8 Å². The van der Waals surface area contributed by atoms with Crippen LogP contribution in [0, 0.1) is 5.82 Å². The van der Waals surface area contributed by atoms with Crippen molar-refractivity contribution < 1.29 is 32.8 Å². The van der Waals surface area contributed by atoms with E-state index < -0.39 is 35.2 Å². The Morgan fingerprint density at radius 1 is 1.05 bits per heavy atom. The van der Waals surface area contributed by atoms with E-state index in [1.807, 2.05) is 0 Å². The molecule has 1 atom stereocenters. The highest BCUT2D eigenvalue weighted by molar-refractivity contribution is 5.94. The molecule has 1 aromatic carbocycles. The summed E-state index contributed by atoms with van der Waals surface area (Å²) in [6.07, 6.45) is 5.59. The smallest absolute Gasteiger partial charge is 0.420 e. The number of allylic oxidation sites excluding steroid dienone is 1. The molecule has 0 saturated heterocycles. The number of amides is 1. The largest absolute Gasteiger partial charge is 0.444 e. The Balaban J connectivity index is 1.93. The van der Waals surface area contributed by atoms with E-state index in [1.54, 1.807) is 71.9 Å². The third-order valence-corrected chi connectivity index (χ3v) is 5.28. The van der Waals surface area contributed by atoms with E-state index in [9.17, 15) is 18.8 Å². The van der Waals surface area contributed by atoms with E-state index in [4.69, 9.17) is 14.0 Å². The molecule has 10 nitrogen and oxygen atoms in total. The second-order valence-corrected chi connectivity index (χ2v) is 11.1. The molecular weight excluding hydrogens is 519 g/mol. The lowest BCUT2D eigenvalue weighted by molar-refractivity contribution is 0.0473. The highest BCUT2D eigenvalue weighted by atomic mass is 19.1. The standard InChI is InChI=1S/C29H35FN4O6/c1-28(2,3)39-26(36)32-22(14-8-7-9-15-24(35)21-16-17-38-33-21)25-31-23(19-12-10-11-13-20(19)30)18-34(25)27(37)40-29(4,5)6/h7-8,10-13,16-18,22H,9,14-15H2,1-6H3,(H,32,36)/b8-7+. The number of halogens is 1. The third-order valence-electron chi connectivity index (χ3n) is 5.28. The molecular formula is C29H35FN4O6. The van der Waals surface area contributed by atoms with Gasteiger partial charge in [-0.1, -0.05) is 29.4 Å². The van der Waals surface area contributed by atoms with Gasteiger partial charge in [0.05, 0.1) is 11.7 Å². The lowest BCUT2D eigenvalue weighted by Gasteiger charge is -2.24. The number of nitrogens with one attached hydrogen (secondary N) is 1. The lowest BCUT2D eigenvalue weighted by Crippen LogP contribution is -2.37. The van der Waals surface area contributed by atoms with Crippen LogP contribution in [-0.4, -0.2) is 43.9 Å². The molecule has 11 heteroatoms. The fraction of sp³-hybridized carbons (Fsp3) is 0.414. The maximum Gasteiger partial charge on any atom is 0.420 e. The number of Topliss-reactive ketones (excluding diaryl/α,β-unsaturated/α-hetero) is 1. The van der Waals surface area contributed by atoms with Crippen molar-refractivity contribution >= 4 is 18.0 Å². The number of nitrogens with zero attached hydrogens (tertiary/aromatic N) is 3. The molecule has 214 valence electrons. The van der Waals surface area contributed by atoms with Gasteiger partial charge in [-0.2, -0.15) is 0 Å². The molecule has 0 aliphatic heterocycles. The van der Waals surface area contributed by atoms with Crippen LogP contribution in [0.3, 0.4) is 0 Å². The first kappa shape index (κ1) is 30.3. The monoisotopic (exact) mass is 554 g/mol. The van der Waals surface area contributed by atoms with Crippen molar-refractivity contribution in [2.75, 3.05) is 0 Å². The van der Waals surface area contributed by atoms with Gasteiger partial charge < -0.3 is 19.3 Å². The highest BCUT2D eigenvalue weighted by Crippen LogP contribution is 2.27. The van der Waals surface area contributed by atoms with Gasteiger partial charge in [0, 0.05) is 24.2 Å². The first-order chi connectivity index (χ1) is 18.7. The Morgan fingerprint density at radius 2 is 1.75 bits per heavy atom. The summed E-state index contributed by atoms with van der Waals surface area (Å²) < 4.78 is 31.5. The van der Waals surface area contributed by atoms with Crippen molar-refractivity contribution in [3.05, 3.63) is 72.3 Å². The molecule has 0 aliphatic carbocycles. The minimum absolute atomic E-state index is 0.127. The van der Waals surface area contributed by atoms with Crippen LogP contribution in [-0.2, 0) is 9.47 Å². The van der Waals surface area contributed by atoms with E-state index in [0.717, 1.165) is 4.57 Å². The normalized spacial score (nSPS) is 12.8. The number of carbonyl (C=O) groups is 3. The van der Waals surface area contributed by atoms with Gasteiger partial charge in [-0.05, 0) is 66.5 Å². The summed E-state index contributed by atoms with van der Waals surface area (Å²) in [5, 5.41) is 6.40. The minimum atomic E-state index is -0.856. The van der Waals surface area contributed by atoms with Gasteiger partial charge in [-0.15, -0.1) is 0 Å². The first-order valence-electron chi connectivity index (χ1n) is 12.9. The molecule has 0 spiro atoms. The van der Waals surface area contributed by atoms with Gasteiger partial charge in [-0.3, -0.25) is 4.79 Å². The van der Waals surface area contributed by atoms with Gasteiger partial charge in [0.15, 0.2) is 5.78 Å². The van der Waals surface area contributed by atoms with Crippen LogP contribution in [0.4, 0.5) is 14.0 Å².